The monoisotopic (exact) mass is 310 g/mol. The molecular formula is C18H36N3O+. The highest BCUT2D eigenvalue weighted by atomic mass is 16.2. The maximum Gasteiger partial charge on any atom is 0.222 e. The molecule has 0 bridgehead atoms. The summed E-state index contributed by atoms with van der Waals surface area (Å²) in [6.45, 7) is 19.6. The van der Waals surface area contributed by atoms with Crippen molar-refractivity contribution >= 4 is 5.91 Å². The van der Waals surface area contributed by atoms with Gasteiger partial charge in [0.05, 0.1) is 39.3 Å². The minimum atomic E-state index is 0.380. The molecule has 2 fully saturated rings. The summed E-state index contributed by atoms with van der Waals surface area (Å²) >= 11 is 0. The molecule has 0 N–H and O–H groups in total. The van der Waals surface area contributed by atoms with Crippen LogP contribution in [0.1, 0.15) is 40.5 Å². The van der Waals surface area contributed by atoms with E-state index in [-0.39, 0.29) is 0 Å². The Morgan fingerprint density at radius 2 is 1.45 bits per heavy atom. The standard InChI is InChI=1S/C18H36N3O/c1-16(2)5-6-18(22)20-9-13-21(14-10-20)11-7-19(8-12-21)15-17(3)4/h16-17H,5-15H2,1-4H3/q+1. The quantitative estimate of drug-likeness (QED) is 0.726. The molecule has 0 saturated carbocycles. The molecule has 2 rings (SSSR count). The summed E-state index contributed by atoms with van der Waals surface area (Å²) in [4.78, 5) is 17.0. The van der Waals surface area contributed by atoms with Crippen LogP contribution >= 0.6 is 0 Å². The van der Waals surface area contributed by atoms with Gasteiger partial charge < -0.3 is 9.38 Å². The van der Waals surface area contributed by atoms with E-state index in [2.05, 4.69) is 37.5 Å². The fourth-order valence-corrected chi connectivity index (χ4v) is 3.79. The van der Waals surface area contributed by atoms with Gasteiger partial charge in [0.25, 0.3) is 0 Å². The molecule has 128 valence electrons. The number of quaternary nitrogens is 1. The van der Waals surface area contributed by atoms with E-state index in [1.54, 1.807) is 0 Å². The summed E-state index contributed by atoms with van der Waals surface area (Å²) < 4.78 is 1.25. The molecule has 2 saturated heterocycles. The summed E-state index contributed by atoms with van der Waals surface area (Å²) in [5.41, 5.74) is 0. The molecular weight excluding hydrogens is 274 g/mol. The Hall–Kier alpha value is -0.610. The Bertz CT molecular complexity index is 349. The van der Waals surface area contributed by atoms with Crippen LogP contribution in [0.4, 0.5) is 0 Å². The summed E-state index contributed by atoms with van der Waals surface area (Å²) in [5.74, 6) is 1.77. The van der Waals surface area contributed by atoms with Crippen molar-refractivity contribution in [1.29, 1.82) is 0 Å². The minimum absolute atomic E-state index is 0.380. The van der Waals surface area contributed by atoms with Crippen LogP contribution in [0.15, 0.2) is 0 Å². The third-order valence-electron chi connectivity index (χ3n) is 5.38. The number of carbonyl (C=O) groups is 1. The van der Waals surface area contributed by atoms with E-state index in [9.17, 15) is 4.79 Å². The van der Waals surface area contributed by atoms with Gasteiger partial charge in [-0.2, -0.15) is 0 Å². The number of hydrogen-bond acceptors (Lipinski definition) is 2. The first-order chi connectivity index (χ1) is 10.4. The zero-order valence-corrected chi connectivity index (χ0v) is 15.2. The molecule has 4 nitrogen and oxygen atoms in total. The van der Waals surface area contributed by atoms with Gasteiger partial charge in [0, 0.05) is 26.1 Å². The average molecular weight is 311 g/mol. The van der Waals surface area contributed by atoms with E-state index < -0.39 is 0 Å². The van der Waals surface area contributed by atoms with Crippen molar-refractivity contribution in [3.05, 3.63) is 0 Å². The molecule has 0 aromatic carbocycles. The number of amides is 1. The highest BCUT2D eigenvalue weighted by Gasteiger charge is 2.37. The van der Waals surface area contributed by atoms with Gasteiger partial charge >= 0.3 is 0 Å². The molecule has 0 aliphatic carbocycles. The van der Waals surface area contributed by atoms with Crippen LogP contribution in [-0.2, 0) is 4.79 Å². The Balaban J connectivity index is 1.74. The van der Waals surface area contributed by atoms with Crippen LogP contribution in [0.5, 0.6) is 0 Å². The van der Waals surface area contributed by atoms with Gasteiger partial charge in [-0.1, -0.05) is 27.7 Å². The van der Waals surface area contributed by atoms with Crippen molar-refractivity contribution in [1.82, 2.24) is 9.80 Å². The highest BCUT2D eigenvalue weighted by molar-refractivity contribution is 5.76. The first kappa shape index (κ1) is 17.7. The van der Waals surface area contributed by atoms with Crippen LogP contribution in [0.2, 0.25) is 0 Å². The first-order valence-corrected chi connectivity index (χ1v) is 9.25. The summed E-state index contributed by atoms with van der Waals surface area (Å²) in [6, 6.07) is 0. The molecule has 22 heavy (non-hydrogen) atoms. The molecule has 1 amide bonds. The van der Waals surface area contributed by atoms with Crippen LogP contribution in [0, 0.1) is 11.8 Å². The van der Waals surface area contributed by atoms with Gasteiger partial charge in [-0.25, -0.2) is 0 Å². The van der Waals surface area contributed by atoms with E-state index in [4.69, 9.17) is 0 Å². The molecule has 4 heteroatoms. The zero-order chi connectivity index (χ0) is 16.2. The van der Waals surface area contributed by atoms with E-state index in [0.717, 1.165) is 31.8 Å². The van der Waals surface area contributed by atoms with E-state index >= 15 is 0 Å². The predicted molar refractivity (Wildman–Crippen MR) is 91.7 cm³/mol. The number of rotatable bonds is 5. The van der Waals surface area contributed by atoms with Crippen LogP contribution < -0.4 is 0 Å². The third-order valence-corrected chi connectivity index (χ3v) is 5.38. The van der Waals surface area contributed by atoms with Crippen LogP contribution in [0.25, 0.3) is 0 Å². The van der Waals surface area contributed by atoms with Crippen LogP contribution in [0.3, 0.4) is 0 Å². The van der Waals surface area contributed by atoms with Crippen molar-refractivity contribution in [3.8, 4) is 0 Å². The molecule has 0 unspecified atom stereocenters. The van der Waals surface area contributed by atoms with E-state index in [1.165, 1.54) is 50.3 Å². The van der Waals surface area contributed by atoms with Gasteiger partial charge in [-0.3, -0.25) is 9.69 Å². The summed E-state index contributed by atoms with van der Waals surface area (Å²) in [5, 5.41) is 0. The molecule has 2 heterocycles. The van der Waals surface area contributed by atoms with Gasteiger partial charge in [0.2, 0.25) is 5.91 Å². The molecule has 2 aliphatic heterocycles. The topological polar surface area (TPSA) is 23.6 Å². The second-order valence-electron chi connectivity index (χ2n) is 8.24. The number of nitrogens with zero attached hydrogens (tertiary/aromatic N) is 3. The highest BCUT2D eigenvalue weighted by Crippen LogP contribution is 2.19. The van der Waals surface area contributed by atoms with Crippen molar-refractivity contribution < 1.29 is 9.28 Å². The number of piperazine rings is 2. The molecule has 2 aliphatic rings. The third kappa shape index (κ3) is 4.95. The largest absolute Gasteiger partial charge is 0.331 e. The van der Waals surface area contributed by atoms with E-state index in [1.807, 2.05) is 0 Å². The second kappa shape index (κ2) is 7.78. The molecule has 0 atom stereocenters. The lowest BCUT2D eigenvalue weighted by Crippen LogP contribution is -2.66. The van der Waals surface area contributed by atoms with Crippen molar-refractivity contribution in [2.75, 3.05) is 58.9 Å². The maximum absolute atomic E-state index is 12.3. The Kier molecular flexibility index (Phi) is 6.27. The normalized spacial score (nSPS) is 22.7. The lowest BCUT2D eigenvalue weighted by Gasteiger charge is -2.49. The lowest BCUT2D eigenvalue weighted by molar-refractivity contribution is -0.935. The Morgan fingerprint density at radius 3 is 1.95 bits per heavy atom. The van der Waals surface area contributed by atoms with Crippen molar-refractivity contribution in [2.24, 2.45) is 11.8 Å². The SMILES string of the molecule is CC(C)CCC(=O)N1CC[N+]2(CCN(CC(C)C)CC2)CC1. The average Bonchev–Trinajstić information content (AvgIpc) is 2.48. The second-order valence-corrected chi connectivity index (χ2v) is 8.24. The van der Waals surface area contributed by atoms with Gasteiger partial charge in [-0.05, 0) is 18.3 Å². The first-order valence-electron chi connectivity index (χ1n) is 9.25. The lowest BCUT2D eigenvalue weighted by atomic mass is 10.1. The number of hydrogen-bond donors (Lipinski definition) is 0. The van der Waals surface area contributed by atoms with Gasteiger partial charge in [0.1, 0.15) is 0 Å². The molecule has 0 radical (unpaired) electrons. The predicted octanol–water partition coefficient (Wildman–Crippen LogP) is 2.05. The molecule has 0 aromatic rings. The van der Waals surface area contributed by atoms with Crippen LogP contribution in [-0.4, -0.2) is 79.1 Å². The van der Waals surface area contributed by atoms with Crippen molar-refractivity contribution in [3.63, 3.8) is 0 Å². The summed E-state index contributed by atoms with van der Waals surface area (Å²) in [6.07, 6.45) is 1.76. The molecule has 0 aromatic heterocycles. The zero-order valence-electron chi connectivity index (χ0n) is 15.2. The fraction of sp³-hybridized carbons (Fsp3) is 0.944. The maximum atomic E-state index is 12.3. The van der Waals surface area contributed by atoms with Crippen molar-refractivity contribution in [2.45, 2.75) is 40.5 Å². The Labute approximate surface area is 137 Å². The number of carbonyl (C=O) groups excluding carboxylic acids is 1. The van der Waals surface area contributed by atoms with Gasteiger partial charge in [0.15, 0.2) is 0 Å². The molecule has 1 spiro atoms. The van der Waals surface area contributed by atoms with Gasteiger partial charge in [-0.15, -0.1) is 0 Å². The smallest absolute Gasteiger partial charge is 0.222 e. The fourth-order valence-electron chi connectivity index (χ4n) is 3.79. The minimum Gasteiger partial charge on any atom is -0.331 e. The Morgan fingerprint density at radius 1 is 0.909 bits per heavy atom. The summed E-state index contributed by atoms with van der Waals surface area (Å²) in [7, 11) is 0. The van der Waals surface area contributed by atoms with E-state index in [0.29, 0.717) is 11.8 Å².